The third-order valence-corrected chi connectivity index (χ3v) is 6.23. The molecule has 0 spiro atoms. The summed E-state index contributed by atoms with van der Waals surface area (Å²) in [6.45, 7) is 5.98. The van der Waals surface area contributed by atoms with E-state index in [1.54, 1.807) is 26.0 Å². The number of carbonyl (C=O) groups is 1. The molecule has 1 amide bonds. The molecule has 0 bridgehead atoms. The Bertz CT molecular complexity index is 860. The number of amides is 1. The molecule has 1 N–H and O–H groups in total. The summed E-state index contributed by atoms with van der Waals surface area (Å²) in [5, 5.41) is 2.84. The number of benzene rings is 2. The molecular weight excluding hydrogens is 336 g/mol. The van der Waals surface area contributed by atoms with E-state index in [0.29, 0.717) is 12.1 Å². The van der Waals surface area contributed by atoms with Gasteiger partial charge in [-0.15, -0.1) is 0 Å². The second-order valence-corrected chi connectivity index (χ2v) is 8.25. The fourth-order valence-corrected chi connectivity index (χ4v) is 3.74. The van der Waals surface area contributed by atoms with Gasteiger partial charge in [0, 0.05) is 25.2 Å². The molecule has 25 heavy (non-hydrogen) atoms. The van der Waals surface area contributed by atoms with E-state index in [4.69, 9.17) is 0 Å². The summed E-state index contributed by atoms with van der Waals surface area (Å²) >= 11 is 0. The number of carbonyl (C=O) groups excluding carboxylic acids is 1. The summed E-state index contributed by atoms with van der Waals surface area (Å²) < 4.78 is 26.4. The SMILES string of the molecule is Cc1ccccc1CNC(=O)c1cccc(S(=O)(=O)N(C)C(C)C)c1. The van der Waals surface area contributed by atoms with Crippen LogP contribution in [0.15, 0.2) is 53.4 Å². The van der Waals surface area contributed by atoms with Crippen molar-refractivity contribution >= 4 is 15.9 Å². The monoisotopic (exact) mass is 360 g/mol. The summed E-state index contributed by atoms with van der Waals surface area (Å²) in [6.07, 6.45) is 0. The molecule has 0 fully saturated rings. The molecule has 2 aromatic carbocycles. The number of aryl methyl sites for hydroxylation is 1. The van der Waals surface area contributed by atoms with E-state index < -0.39 is 10.0 Å². The second kappa shape index (κ2) is 7.80. The standard InChI is InChI=1S/C19H24N2O3S/c1-14(2)21(4)25(23,24)18-11-7-10-16(12-18)19(22)20-13-17-9-6-5-8-15(17)3/h5-12,14H,13H2,1-4H3,(H,20,22). The van der Waals surface area contributed by atoms with Gasteiger partial charge in [-0.2, -0.15) is 4.31 Å². The number of rotatable bonds is 6. The van der Waals surface area contributed by atoms with E-state index in [2.05, 4.69) is 5.32 Å². The van der Waals surface area contributed by atoms with Gasteiger partial charge < -0.3 is 5.32 Å². The van der Waals surface area contributed by atoms with Crippen LogP contribution in [0.5, 0.6) is 0 Å². The van der Waals surface area contributed by atoms with Gasteiger partial charge in [0.15, 0.2) is 0 Å². The highest BCUT2D eigenvalue weighted by Crippen LogP contribution is 2.18. The van der Waals surface area contributed by atoms with Crippen LogP contribution in [0.3, 0.4) is 0 Å². The van der Waals surface area contributed by atoms with Crippen LogP contribution in [-0.2, 0) is 16.6 Å². The maximum absolute atomic E-state index is 12.6. The van der Waals surface area contributed by atoms with Crippen LogP contribution in [0.25, 0.3) is 0 Å². The molecule has 0 saturated heterocycles. The summed E-state index contributed by atoms with van der Waals surface area (Å²) in [4.78, 5) is 12.5. The predicted molar refractivity (Wildman–Crippen MR) is 98.9 cm³/mol. The van der Waals surface area contributed by atoms with E-state index in [1.807, 2.05) is 31.2 Å². The first kappa shape index (κ1) is 19.1. The highest BCUT2D eigenvalue weighted by atomic mass is 32.2. The van der Waals surface area contributed by atoms with Crippen molar-refractivity contribution in [3.63, 3.8) is 0 Å². The summed E-state index contributed by atoms with van der Waals surface area (Å²) in [7, 11) is -2.08. The molecule has 0 atom stereocenters. The van der Waals surface area contributed by atoms with E-state index in [0.717, 1.165) is 11.1 Å². The third-order valence-electron chi connectivity index (χ3n) is 4.20. The van der Waals surface area contributed by atoms with Gasteiger partial charge in [0.25, 0.3) is 5.91 Å². The van der Waals surface area contributed by atoms with Crippen LogP contribution in [0.2, 0.25) is 0 Å². The van der Waals surface area contributed by atoms with Gasteiger partial charge >= 0.3 is 0 Å². The average Bonchev–Trinajstić information content (AvgIpc) is 2.60. The molecule has 0 radical (unpaired) electrons. The second-order valence-electron chi connectivity index (χ2n) is 6.25. The third kappa shape index (κ3) is 4.46. The Balaban J connectivity index is 2.18. The van der Waals surface area contributed by atoms with Crippen molar-refractivity contribution in [2.24, 2.45) is 0 Å². The molecule has 5 nitrogen and oxygen atoms in total. The lowest BCUT2D eigenvalue weighted by molar-refractivity contribution is 0.0950. The zero-order chi connectivity index (χ0) is 18.6. The molecule has 6 heteroatoms. The molecule has 134 valence electrons. The van der Waals surface area contributed by atoms with E-state index in [-0.39, 0.29) is 16.8 Å². The topological polar surface area (TPSA) is 66.5 Å². The van der Waals surface area contributed by atoms with Crippen molar-refractivity contribution in [2.75, 3.05) is 7.05 Å². The number of nitrogens with one attached hydrogen (secondary N) is 1. The molecule has 2 aromatic rings. The lowest BCUT2D eigenvalue weighted by Crippen LogP contribution is -2.33. The smallest absolute Gasteiger partial charge is 0.251 e. The molecule has 0 aliphatic rings. The maximum atomic E-state index is 12.6. The minimum Gasteiger partial charge on any atom is -0.348 e. The van der Waals surface area contributed by atoms with Crippen molar-refractivity contribution in [1.82, 2.24) is 9.62 Å². The number of sulfonamides is 1. The van der Waals surface area contributed by atoms with Crippen LogP contribution in [0.1, 0.15) is 35.3 Å². The number of hydrogen-bond acceptors (Lipinski definition) is 3. The first-order chi connectivity index (χ1) is 11.7. The number of hydrogen-bond donors (Lipinski definition) is 1. The fourth-order valence-electron chi connectivity index (χ4n) is 2.33. The Morgan fingerprint density at radius 2 is 1.80 bits per heavy atom. The van der Waals surface area contributed by atoms with Crippen LogP contribution < -0.4 is 5.32 Å². The van der Waals surface area contributed by atoms with E-state index in [1.165, 1.54) is 23.5 Å². The minimum absolute atomic E-state index is 0.118. The lowest BCUT2D eigenvalue weighted by Gasteiger charge is -2.21. The molecule has 0 heterocycles. The van der Waals surface area contributed by atoms with E-state index in [9.17, 15) is 13.2 Å². The van der Waals surface area contributed by atoms with E-state index >= 15 is 0 Å². The maximum Gasteiger partial charge on any atom is 0.251 e. The Morgan fingerprint density at radius 3 is 2.44 bits per heavy atom. The molecular formula is C19H24N2O3S. The fraction of sp³-hybridized carbons (Fsp3) is 0.316. The Morgan fingerprint density at radius 1 is 1.12 bits per heavy atom. The van der Waals surface area contributed by atoms with Gasteiger partial charge in [-0.05, 0) is 50.1 Å². The van der Waals surface area contributed by atoms with Gasteiger partial charge in [-0.25, -0.2) is 8.42 Å². The predicted octanol–water partition coefficient (Wildman–Crippen LogP) is 2.95. The average molecular weight is 360 g/mol. The molecule has 0 unspecified atom stereocenters. The van der Waals surface area contributed by atoms with Gasteiger partial charge in [-0.1, -0.05) is 30.3 Å². The zero-order valence-corrected chi connectivity index (χ0v) is 15.8. The van der Waals surface area contributed by atoms with Crippen LogP contribution in [0, 0.1) is 6.92 Å². The lowest BCUT2D eigenvalue weighted by atomic mass is 10.1. The van der Waals surface area contributed by atoms with Gasteiger partial charge in [0.2, 0.25) is 10.0 Å². The normalized spacial score (nSPS) is 11.8. The first-order valence-corrected chi connectivity index (χ1v) is 9.58. The zero-order valence-electron chi connectivity index (χ0n) is 15.0. The van der Waals surface area contributed by atoms with Crippen molar-refractivity contribution in [3.05, 3.63) is 65.2 Å². The van der Waals surface area contributed by atoms with Crippen molar-refractivity contribution in [2.45, 2.75) is 38.3 Å². The molecule has 0 aliphatic carbocycles. The summed E-state index contributed by atoms with van der Waals surface area (Å²) in [5.41, 5.74) is 2.45. The molecule has 0 aliphatic heterocycles. The van der Waals surface area contributed by atoms with Crippen LogP contribution >= 0.6 is 0 Å². The van der Waals surface area contributed by atoms with Gasteiger partial charge in [0.05, 0.1) is 4.90 Å². The highest BCUT2D eigenvalue weighted by molar-refractivity contribution is 7.89. The highest BCUT2D eigenvalue weighted by Gasteiger charge is 2.23. The first-order valence-electron chi connectivity index (χ1n) is 8.14. The molecule has 0 aromatic heterocycles. The minimum atomic E-state index is -3.61. The Labute approximate surface area is 149 Å². The van der Waals surface area contributed by atoms with Crippen LogP contribution in [0.4, 0.5) is 0 Å². The van der Waals surface area contributed by atoms with Crippen molar-refractivity contribution in [3.8, 4) is 0 Å². The van der Waals surface area contributed by atoms with Gasteiger partial charge in [0.1, 0.15) is 0 Å². The molecule has 0 saturated carbocycles. The quantitative estimate of drug-likeness (QED) is 0.861. The number of nitrogens with zero attached hydrogens (tertiary/aromatic N) is 1. The largest absolute Gasteiger partial charge is 0.348 e. The Kier molecular flexibility index (Phi) is 5.98. The van der Waals surface area contributed by atoms with Crippen molar-refractivity contribution in [1.29, 1.82) is 0 Å². The summed E-state index contributed by atoms with van der Waals surface area (Å²) in [5.74, 6) is -0.299. The van der Waals surface area contributed by atoms with Gasteiger partial charge in [-0.3, -0.25) is 4.79 Å². The Hall–Kier alpha value is -2.18. The summed E-state index contributed by atoms with van der Waals surface area (Å²) in [6, 6.07) is 13.8. The molecule has 2 rings (SSSR count). The van der Waals surface area contributed by atoms with Crippen molar-refractivity contribution < 1.29 is 13.2 Å². The van der Waals surface area contributed by atoms with Crippen LogP contribution in [-0.4, -0.2) is 31.7 Å².